The first-order chi connectivity index (χ1) is 9.65. The van der Waals surface area contributed by atoms with E-state index >= 15 is 0 Å². The van der Waals surface area contributed by atoms with Crippen LogP contribution in [0.3, 0.4) is 0 Å². The number of aromatic nitrogens is 3. The minimum absolute atomic E-state index is 0.0610. The predicted octanol–water partition coefficient (Wildman–Crippen LogP) is -1.60. The number of fused-ring (bicyclic) bond motifs is 1. The maximum Gasteiger partial charge on any atom is 0.275 e. The number of nitrogens with zero attached hydrogens (tertiary/aromatic N) is 2. The average molecular weight is 282 g/mol. The molecule has 2 rings (SSSR count). The van der Waals surface area contributed by atoms with Crippen molar-refractivity contribution in [2.75, 3.05) is 26.3 Å². The number of H-pyrrole nitrogens is 2. The van der Waals surface area contributed by atoms with E-state index in [9.17, 15) is 9.90 Å². The first-order valence-corrected chi connectivity index (χ1v) is 6.31. The van der Waals surface area contributed by atoms with Gasteiger partial charge in [0.05, 0.1) is 31.2 Å². The lowest BCUT2D eigenvalue weighted by atomic mass is 10.2. The minimum atomic E-state index is -0.872. The maximum atomic E-state index is 11.6. The van der Waals surface area contributed by atoms with E-state index in [0.29, 0.717) is 24.1 Å². The van der Waals surface area contributed by atoms with E-state index in [-0.39, 0.29) is 25.3 Å². The van der Waals surface area contributed by atoms with Crippen LogP contribution in [-0.4, -0.2) is 67.6 Å². The summed E-state index contributed by atoms with van der Waals surface area (Å²) in [6.07, 6.45) is 2.15. The molecule has 20 heavy (non-hydrogen) atoms. The van der Waals surface area contributed by atoms with Gasteiger partial charge in [-0.2, -0.15) is 0 Å². The van der Waals surface area contributed by atoms with Gasteiger partial charge in [-0.15, -0.1) is 0 Å². The van der Waals surface area contributed by atoms with E-state index < -0.39 is 6.10 Å². The molecular formula is C12H18N4O4. The predicted molar refractivity (Wildman–Crippen MR) is 72.2 cm³/mol. The summed E-state index contributed by atoms with van der Waals surface area (Å²) in [4.78, 5) is 22.8. The Labute approximate surface area is 114 Å². The van der Waals surface area contributed by atoms with E-state index in [1.165, 1.54) is 6.33 Å². The molecule has 0 bridgehead atoms. The van der Waals surface area contributed by atoms with Gasteiger partial charge in [-0.1, -0.05) is 0 Å². The number of rotatable bonds is 7. The Bertz CT molecular complexity index is 609. The monoisotopic (exact) mass is 282 g/mol. The number of aliphatic hydroxyl groups is 3. The Morgan fingerprint density at radius 3 is 2.85 bits per heavy atom. The molecule has 2 aromatic rings. The quantitative estimate of drug-likeness (QED) is 0.416. The molecule has 0 aliphatic rings. The fourth-order valence-electron chi connectivity index (χ4n) is 2.10. The van der Waals surface area contributed by atoms with E-state index in [1.807, 2.05) is 0 Å². The zero-order valence-corrected chi connectivity index (χ0v) is 10.9. The Kier molecular flexibility index (Phi) is 4.85. The number of hydrogen-bond donors (Lipinski definition) is 5. The zero-order valence-electron chi connectivity index (χ0n) is 10.9. The molecule has 0 spiro atoms. The third-order valence-electron chi connectivity index (χ3n) is 3.04. The minimum Gasteiger partial charge on any atom is -0.395 e. The number of aromatic amines is 2. The first kappa shape index (κ1) is 14.7. The van der Waals surface area contributed by atoms with Crippen LogP contribution in [0.2, 0.25) is 0 Å². The Morgan fingerprint density at radius 1 is 1.35 bits per heavy atom. The topological polar surface area (TPSA) is 125 Å². The molecule has 110 valence electrons. The van der Waals surface area contributed by atoms with Crippen molar-refractivity contribution in [1.29, 1.82) is 0 Å². The molecule has 0 saturated carbocycles. The van der Waals surface area contributed by atoms with Gasteiger partial charge >= 0.3 is 0 Å². The van der Waals surface area contributed by atoms with Crippen LogP contribution in [0.15, 0.2) is 17.3 Å². The van der Waals surface area contributed by atoms with E-state index in [0.717, 1.165) is 5.56 Å². The summed E-state index contributed by atoms with van der Waals surface area (Å²) in [5.74, 6) is 0. The third kappa shape index (κ3) is 3.23. The molecule has 0 radical (unpaired) electrons. The van der Waals surface area contributed by atoms with Crippen molar-refractivity contribution in [3.05, 3.63) is 28.4 Å². The van der Waals surface area contributed by atoms with Crippen molar-refractivity contribution in [2.24, 2.45) is 0 Å². The molecule has 1 atom stereocenters. The largest absolute Gasteiger partial charge is 0.395 e. The number of nitrogens with one attached hydrogen (secondary N) is 2. The normalized spacial score (nSPS) is 13.2. The molecule has 0 amide bonds. The summed E-state index contributed by atoms with van der Waals surface area (Å²) in [7, 11) is 0. The van der Waals surface area contributed by atoms with Gasteiger partial charge in [0, 0.05) is 31.4 Å². The fourth-order valence-corrected chi connectivity index (χ4v) is 2.10. The average Bonchev–Trinajstić information content (AvgIpc) is 2.83. The molecule has 0 aromatic carbocycles. The summed E-state index contributed by atoms with van der Waals surface area (Å²) in [6.45, 7) is 0.593. The van der Waals surface area contributed by atoms with Gasteiger partial charge < -0.3 is 25.3 Å². The molecule has 8 heteroatoms. The van der Waals surface area contributed by atoms with Gasteiger partial charge in [-0.25, -0.2) is 4.98 Å². The van der Waals surface area contributed by atoms with Crippen LogP contribution in [0.4, 0.5) is 0 Å². The third-order valence-corrected chi connectivity index (χ3v) is 3.04. The highest BCUT2D eigenvalue weighted by Gasteiger charge is 2.14. The van der Waals surface area contributed by atoms with Crippen molar-refractivity contribution in [2.45, 2.75) is 12.6 Å². The molecule has 0 aliphatic heterocycles. The highest BCUT2D eigenvalue weighted by Crippen LogP contribution is 2.14. The molecule has 0 fully saturated rings. The van der Waals surface area contributed by atoms with Crippen LogP contribution >= 0.6 is 0 Å². The molecule has 2 heterocycles. The van der Waals surface area contributed by atoms with Crippen molar-refractivity contribution in [3.63, 3.8) is 0 Å². The van der Waals surface area contributed by atoms with Gasteiger partial charge in [-0.3, -0.25) is 9.69 Å². The Hall–Kier alpha value is -1.74. The molecule has 1 unspecified atom stereocenters. The van der Waals surface area contributed by atoms with E-state index in [2.05, 4.69) is 15.0 Å². The lowest BCUT2D eigenvalue weighted by Gasteiger charge is -2.23. The van der Waals surface area contributed by atoms with Gasteiger partial charge in [-0.05, 0) is 0 Å². The lowest BCUT2D eigenvalue weighted by molar-refractivity contribution is 0.0511. The summed E-state index contributed by atoms with van der Waals surface area (Å²) in [5, 5.41) is 27.4. The zero-order chi connectivity index (χ0) is 14.5. The van der Waals surface area contributed by atoms with Crippen LogP contribution in [0.1, 0.15) is 5.56 Å². The van der Waals surface area contributed by atoms with Gasteiger partial charge in [0.1, 0.15) is 5.52 Å². The van der Waals surface area contributed by atoms with Crippen LogP contribution in [0.5, 0.6) is 0 Å². The van der Waals surface area contributed by atoms with Gasteiger partial charge in [0.15, 0.2) is 0 Å². The molecule has 0 aliphatic carbocycles. The second-order valence-electron chi connectivity index (χ2n) is 4.56. The van der Waals surface area contributed by atoms with Crippen LogP contribution in [-0.2, 0) is 6.54 Å². The standard InChI is InChI=1S/C12H18N4O4/c17-2-1-16(5-9(19)6-18)4-8-3-13-11-10(8)14-7-15-12(11)20/h3,7,9,13,17-19H,1-2,4-6H2,(H,14,15,20). The van der Waals surface area contributed by atoms with Crippen LogP contribution in [0.25, 0.3) is 11.0 Å². The maximum absolute atomic E-state index is 11.6. The van der Waals surface area contributed by atoms with Crippen molar-refractivity contribution < 1.29 is 15.3 Å². The highest BCUT2D eigenvalue weighted by atomic mass is 16.3. The number of aliphatic hydroxyl groups excluding tert-OH is 3. The van der Waals surface area contributed by atoms with Crippen molar-refractivity contribution >= 4 is 11.0 Å². The molecule has 8 nitrogen and oxygen atoms in total. The smallest absolute Gasteiger partial charge is 0.275 e. The SMILES string of the molecule is O=c1[nH]cnc2c(CN(CCO)CC(O)CO)c[nH]c12. The van der Waals surface area contributed by atoms with Crippen LogP contribution < -0.4 is 5.56 Å². The summed E-state index contributed by atoms with van der Waals surface area (Å²) in [5.41, 5.74) is 1.51. The molecule has 0 saturated heterocycles. The molecular weight excluding hydrogens is 264 g/mol. The van der Waals surface area contributed by atoms with Crippen molar-refractivity contribution in [3.8, 4) is 0 Å². The molecule has 5 N–H and O–H groups in total. The first-order valence-electron chi connectivity index (χ1n) is 6.31. The summed E-state index contributed by atoms with van der Waals surface area (Å²) >= 11 is 0. The van der Waals surface area contributed by atoms with Gasteiger partial charge in [0.2, 0.25) is 0 Å². The summed E-state index contributed by atoms with van der Waals surface area (Å²) in [6, 6.07) is 0. The highest BCUT2D eigenvalue weighted by molar-refractivity contribution is 5.77. The second-order valence-corrected chi connectivity index (χ2v) is 4.56. The Balaban J connectivity index is 2.20. The second kappa shape index (κ2) is 6.62. The van der Waals surface area contributed by atoms with Gasteiger partial charge in [0.25, 0.3) is 5.56 Å². The van der Waals surface area contributed by atoms with E-state index in [4.69, 9.17) is 10.2 Å². The summed E-state index contributed by atoms with van der Waals surface area (Å²) < 4.78 is 0. The number of hydrogen-bond acceptors (Lipinski definition) is 6. The molecule has 2 aromatic heterocycles. The Morgan fingerprint density at radius 2 is 2.15 bits per heavy atom. The van der Waals surface area contributed by atoms with Crippen LogP contribution in [0, 0.1) is 0 Å². The van der Waals surface area contributed by atoms with E-state index in [1.54, 1.807) is 11.1 Å². The van der Waals surface area contributed by atoms with Crippen molar-refractivity contribution in [1.82, 2.24) is 19.9 Å². The lowest BCUT2D eigenvalue weighted by Crippen LogP contribution is -2.35. The fraction of sp³-hybridized carbons (Fsp3) is 0.500.